The highest BCUT2D eigenvalue weighted by Gasteiger charge is 2.16. The Morgan fingerprint density at radius 2 is 2.33 bits per heavy atom. The van der Waals surface area contributed by atoms with Crippen molar-refractivity contribution in [2.24, 2.45) is 0 Å². The van der Waals surface area contributed by atoms with Crippen molar-refractivity contribution >= 4 is 11.6 Å². The Bertz CT molecular complexity index is 335. The summed E-state index contributed by atoms with van der Waals surface area (Å²) in [5, 5.41) is 13.2. The van der Waals surface area contributed by atoms with E-state index in [2.05, 4.69) is 5.32 Å². The van der Waals surface area contributed by atoms with Crippen molar-refractivity contribution in [3.05, 3.63) is 28.8 Å². The SMILES string of the molecule is Oc1ccc(C2COCCCN2)c(Cl)c1. The van der Waals surface area contributed by atoms with Crippen molar-refractivity contribution in [1.29, 1.82) is 0 Å². The normalized spacial score (nSPS) is 22.3. The molecule has 2 rings (SSSR count). The number of aromatic hydroxyl groups is 1. The van der Waals surface area contributed by atoms with E-state index in [-0.39, 0.29) is 11.8 Å². The van der Waals surface area contributed by atoms with E-state index >= 15 is 0 Å². The van der Waals surface area contributed by atoms with Crippen LogP contribution in [0.1, 0.15) is 18.0 Å². The van der Waals surface area contributed by atoms with Crippen molar-refractivity contribution in [2.75, 3.05) is 19.8 Å². The Balaban J connectivity index is 2.19. The largest absolute Gasteiger partial charge is 0.508 e. The average molecular weight is 228 g/mol. The molecule has 0 amide bonds. The molecule has 82 valence electrons. The molecule has 1 unspecified atom stereocenters. The van der Waals surface area contributed by atoms with Crippen LogP contribution in [0, 0.1) is 0 Å². The van der Waals surface area contributed by atoms with Gasteiger partial charge in [0.05, 0.1) is 12.6 Å². The minimum atomic E-state index is 0.126. The summed E-state index contributed by atoms with van der Waals surface area (Å²) in [5.41, 5.74) is 0.983. The van der Waals surface area contributed by atoms with Gasteiger partial charge in [-0.25, -0.2) is 0 Å². The van der Waals surface area contributed by atoms with Crippen molar-refractivity contribution in [2.45, 2.75) is 12.5 Å². The van der Waals surface area contributed by atoms with E-state index in [1.807, 2.05) is 6.07 Å². The number of halogens is 1. The first kappa shape index (κ1) is 10.7. The molecule has 1 aliphatic rings. The summed E-state index contributed by atoms with van der Waals surface area (Å²) in [6.45, 7) is 2.35. The molecule has 1 atom stereocenters. The van der Waals surface area contributed by atoms with Gasteiger partial charge in [-0.2, -0.15) is 0 Å². The molecule has 0 aliphatic carbocycles. The van der Waals surface area contributed by atoms with Crippen LogP contribution in [-0.2, 0) is 4.74 Å². The zero-order valence-corrected chi connectivity index (χ0v) is 9.13. The topological polar surface area (TPSA) is 41.5 Å². The second kappa shape index (κ2) is 4.84. The lowest BCUT2D eigenvalue weighted by Crippen LogP contribution is -2.23. The number of nitrogens with one attached hydrogen (secondary N) is 1. The molecule has 0 radical (unpaired) electrons. The minimum Gasteiger partial charge on any atom is -0.508 e. The number of hydrogen-bond acceptors (Lipinski definition) is 3. The summed E-state index contributed by atoms with van der Waals surface area (Å²) in [6.07, 6.45) is 1.02. The molecule has 4 heteroatoms. The summed E-state index contributed by atoms with van der Waals surface area (Å²) in [4.78, 5) is 0. The van der Waals surface area contributed by atoms with Gasteiger partial charge in [0.15, 0.2) is 0 Å². The third-order valence-corrected chi connectivity index (χ3v) is 2.83. The van der Waals surface area contributed by atoms with Crippen molar-refractivity contribution in [3.63, 3.8) is 0 Å². The maximum atomic E-state index is 9.26. The Morgan fingerprint density at radius 3 is 3.13 bits per heavy atom. The third kappa shape index (κ3) is 2.62. The van der Waals surface area contributed by atoms with E-state index in [4.69, 9.17) is 16.3 Å². The summed E-state index contributed by atoms with van der Waals surface area (Å²) in [6, 6.07) is 5.17. The summed E-state index contributed by atoms with van der Waals surface area (Å²) >= 11 is 6.06. The third-order valence-electron chi connectivity index (χ3n) is 2.50. The molecule has 1 aliphatic heterocycles. The van der Waals surface area contributed by atoms with E-state index in [0.717, 1.165) is 25.1 Å². The fraction of sp³-hybridized carbons (Fsp3) is 0.455. The fourth-order valence-corrected chi connectivity index (χ4v) is 2.02. The number of rotatable bonds is 1. The van der Waals surface area contributed by atoms with Crippen LogP contribution in [-0.4, -0.2) is 24.9 Å². The zero-order chi connectivity index (χ0) is 10.7. The fourth-order valence-electron chi connectivity index (χ4n) is 1.71. The number of ether oxygens (including phenoxy) is 1. The van der Waals surface area contributed by atoms with Gasteiger partial charge >= 0.3 is 0 Å². The molecule has 1 aromatic rings. The number of phenols is 1. The predicted molar refractivity (Wildman–Crippen MR) is 59.3 cm³/mol. The van der Waals surface area contributed by atoms with Crippen LogP contribution in [0.4, 0.5) is 0 Å². The lowest BCUT2D eigenvalue weighted by molar-refractivity contribution is 0.131. The van der Waals surface area contributed by atoms with E-state index in [1.165, 1.54) is 0 Å². The smallest absolute Gasteiger partial charge is 0.117 e. The maximum absolute atomic E-state index is 9.26. The quantitative estimate of drug-likeness (QED) is 0.772. The summed E-state index contributed by atoms with van der Waals surface area (Å²) in [7, 11) is 0. The summed E-state index contributed by atoms with van der Waals surface area (Å²) in [5.74, 6) is 0.193. The molecule has 0 saturated carbocycles. The standard InChI is InChI=1S/C11H14ClNO2/c12-10-6-8(14)2-3-9(10)11-7-15-5-1-4-13-11/h2-3,6,11,13-14H,1,4-5,7H2. The van der Waals surface area contributed by atoms with Crippen LogP contribution in [0.5, 0.6) is 5.75 Å². The molecule has 1 fully saturated rings. The van der Waals surface area contributed by atoms with Crippen LogP contribution in [0.15, 0.2) is 18.2 Å². The van der Waals surface area contributed by atoms with Gasteiger partial charge in [-0.15, -0.1) is 0 Å². The molecular weight excluding hydrogens is 214 g/mol. The van der Waals surface area contributed by atoms with Crippen molar-refractivity contribution in [1.82, 2.24) is 5.32 Å². The second-order valence-corrected chi connectivity index (χ2v) is 4.05. The van der Waals surface area contributed by atoms with Crippen LogP contribution in [0.25, 0.3) is 0 Å². The van der Waals surface area contributed by atoms with Crippen molar-refractivity contribution < 1.29 is 9.84 Å². The van der Waals surface area contributed by atoms with Gasteiger partial charge in [-0.3, -0.25) is 0 Å². The molecule has 1 aromatic carbocycles. The molecule has 15 heavy (non-hydrogen) atoms. The lowest BCUT2D eigenvalue weighted by Gasteiger charge is -2.17. The first-order valence-electron chi connectivity index (χ1n) is 5.07. The molecule has 0 aromatic heterocycles. The summed E-state index contributed by atoms with van der Waals surface area (Å²) < 4.78 is 5.46. The first-order chi connectivity index (χ1) is 7.27. The molecule has 3 nitrogen and oxygen atoms in total. The lowest BCUT2D eigenvalue weighted by atomic mass is 10.1. The van der Waals surface area contributed by atoms with Gasteiger partial charge < -0.3 is 15.2 Å². The van der Waals surface area contributed by atoms with Gasteiger partial charge in [-0.05, 0) is 30.7 Å². The van der Waals surface area contributed by atoms with Crippen LogP contribution >= 0.6 is 11.6 Å². The molecule has 1 saturated heterocycles. The number of benzene rings is 1. The van der Waals surface area contributed by atoms with Gasteiger partial charge in [0.2, 0.25) is 0 Å². The Hall–Kier alpha value is -0.770. The first-order valence-corrected chi connectivity index (χ1v) is 5.45. The number of phenolic OH excluding ortho intramolecular Hbond substituents is 1. The highest BCUT2D eigenvalue weighted by molar-refractivity contribution is 6.31. The average Bonchev–Trinajstić information content (AvgIpc) is 2.46. The molecule has 1 heterocycles. The van der Waals surface area contributed by atoms with E-state index < -0.39 is 0 Å². The maximum Gasteiger partial charge on any atom is 0.117 e. The van der Waals surface area contributed by atoms with E-state index in [0.29, 0.717) is 11.6 Å². The van der Waals surface area contributed by atoms with Crippen molar-refractivity contribution in [3.8, 4) is 5.75 Å². The van der Waals surface area contributed by atoms with Gasteiger partial charge in [0, 0.05) is 11.6 Å². The monoisotopic (exact) mass is 227 g/mol. The Kier molecular flexibility index (Phi) is 3.46. The van der Waals surface area contributed by atoms with E-state index in [9.17, 15) is 5.11 Å². The molecule has 2 N–H and O–H groups in total. The van der Waals surface area contributed by atoms with E-state index in [1.54, 1.807) is 12.1 Å². The molecular formula is C11H14ClNO2. The Labute approximate surface area is 94.0 Å². The van der Waals surface area contributed by atoms with Gasteiger partial charge in [0.1, 0.15) is 5.75 Å². The highest BCUT2D eigenvalue weighted by atomic mass is 35.5. The van der Waals surface area contributed by atoms with Gasteiger partial charge in [0.25, 0.3) is 0 Å². The van der Waals surface area contributed by atoms with Gasteiger partial charge in [-0.1, -0.05) is 17.7 Å². The minimum absolute atomic E-state index is 0.126. The zero-order valence-electron chi connectivity index (χ0n) is 8.37. The van der Waals surface area contributed by atoms with Crippen LogP contribution in [0.3, 0.4) is 0 Å². The van der Waals surface area contributed by atoms with Crippen LogP contribution in [0.2, 0.25) is 5.02 Å². The molecule has 0 bridgehead atoms. The second-order valence-electron chi connectivity index (χ2n) is 3.64. The predicted octanol–water partition coefficient (Wildman–Crippen LogP) is 2.10. The number of hydrogen-bond donors (Lipinski definition) is 2. The highest BCUT2D eigenvalue weighted by Crippen LogP contribution is 2.27. The van der Waals surface area contributed by atoms with Crippen LogP contribution < -0.4 is 5.32 Å². The Morgan fingerprint density at radius 1 is 1.47 bits per heavy atom. The molecule has 0 spiro atoms.